The number of hydrogen-bond donors (Lipinski definition) is 1. The summed E-state index contributed by atoms with van der Waals surface area (Å²) in [5.41, 5.74) is 0.653. The lowest BCUT2D eigenvalue weighted by molar-refractivity contribution is 0.0992. The predicted molar refractivity (Wildman–Crippen MR) is 82.0 cm³/mol. The van der Waals surface area contributed by atoms with Crippen molar-refractivity contribution in [2.24, 2.45) is 0 Å². The van der Waals surface area contributed by atoms with Gasteiger partial charge in [0.05, 0.1) is 9.75 Å². The summed E-state index contributed by atoms with van der Waals surface area (Å²) in [5.74, 6) is 4.84. The van der Waals surface area contributed by atoms with Crippen LogP contribution in [0.5, 0.6) is 0 Å². The van der Waals surface area contributed by atoms with Crippen LogP contribution in [0.3, 0.4) is 0 Å². The number of benzene rings is 1. The van der Waals surface area contributed by atoms with E-state index in [0.29, 0.717) is 17.1 Å². The molecule has 0 atom stereocenters. The summed E-state index contributed by atoms with van der Waals surface area (Å²) in [5, 5.41) is 8.67. The van der Waals surface area contributed by atoms with Crippen LogP contribution in [0.2, 0.25) is 0 Å². The number of aliphatic hydroxyl groups is 1. The number of nitrogens with zero attached hydrogens (tertiary/aromatic N) is 1. The third-order valence-electron chi connectivity index (χ3n) is 2.81. The van der Waals surface area contributed by atoms with Crippen molar-refractivity contribution >= 4 is 22.9 Å². The van der Waals surface area contributed by atoms with E-state index in [1.54, 1.807) is 29.2 Å². The van der Waals surface area contributed by atoms with Crippen LogP contribution in [-0.2, 0) is 0 Å². The molecule has 5 heteroatoms. The molecule has 1 aromatic heterocycles. The van der Waals surface area contributed by atoms with Crippen LogP contribution in [0.15, 0.2) is 36.4 Å². The Morgan fingerprint density at radius 2 is 2.00 bits per heavy atom. The Balaban J connectivity index is 2.24. The summed E-state index contributed by atoms with van der Waals surface area (Å²) in [6.45, 7) is 2.14. The van der Waals surface area contributed by atoms with Crippen LogP contribution >= 0.6 is 11.3 Å². The van der Waals surface area contributed by atoms with Crippen LogP contribution < -0.4 is 4.90 Å². The Bertz CT molecular complexity index is 682. The molecule has 0 radical (unpaired) electrons. The largest absolute Gasteiger partial charge is 0.384 e. The first-order valence-electron chi connectivity index (χ1n) is 6.42. The number of thiophene rings is 1. The van der Waals surface area contributed by atoms with Crippen LogP contribution in [0, 0.1) is 17.7 Å². The zero-order valence-electron chi connectivity index (χ0n) is 11.5. The Kier molecular flexibility index (Phi) is 5.09. The molecule has 1 amide bonds. The molecule has 0 aliphatic carbocycles. The Labute approximate surface area is 126 Å². The zero-order valence-corrected chi connectivity index (χ0v) is 12.3. The van der Waals surface area contributed by atoms with Gasteiger partial charge in [0.25, 0.3) is 5.91 Å². The molecule has 1 N–H and O–H groups in total. The maximum atomic E-state index is 13.0. The molecule has 1 heterocycles. The van der Waals surface area contributed by atoms with Crippen LogP contribution in [0.25, 0.3) is 0 Å². The number of halogens is 1. The van der Waals surface area contributed by atoms with Crippen molar-refractivity contribution < 1.29 is 14.3 Å². The first kappa shape index (κ1) is 15.2. The Morgan fingerprint density at radius 1 is 1.29 bits per heavy atom. The van der Waals surface area contributed by atoms with E-state index in [2.05, 4.69) is 11.8 Å². The van der Waals surface area contributed by atoms with E-state index >= 15 is 0 Å². The summed E-state index contributed by atoms with van der Waals surface area (Å²) in [4.78, 5) is 15.4. The molecule has 0 bridgehead atoms. The van der Waals surface area contributed by atoms with E-state index in [4.69, 9.17) is 5.11 Å². The number of anilines is 1. The summed E-state index contributed by atoms with van der Waals surface area (Å²) in [6, 6.07) is 9.28. The quantitative estimate of drug-likeness (QED) is 0.886. The molecule has 0 aliphatic heterocycles. The van der Waals surface area contributed by atoms with Crippen LogP contribution in [-0.4, -0.2) is 24.2 Å². The van der Waals surface area contributed by atoms with Crippen molar-refractivity contribution in [1.82, 2.24) is 0 Å². The third kappa shape index (κ3) is 3.69. The van der Waals surface area contributed by atoms with Gasteiger partial charge in [-0.25, -0.2) is 4.39 Å². The fraction of sp³-hybridized carbons (Fsp3) is 0.188. The molecule has 0 spiro atoms. The Hall–Kier alpha value is -2.16. The minimum absolute atomic E-state index is 0.147. The number of amides is 1. The normalized spacial score (nSPS) is 9.86. The minimum atomic E-state index is -0.333. The third-order valence-corrected chi connectivity index (χ3v) is 3.80. The SMILES string of the molecule is CCN(C(=O)c1ccc(C#CCO)s1)c1ccc(F)cc1. The van der Waals surface area contributed by atoms with Crippen molar-refractivity contribution in [2.75, 3.05) is 18.1 Å². The fourth-order valence-corrected chi connectivity index (χ4v) is 2.67. The molecular formula is C16H14FNO2S. The van der Waals surface area contributed by atoms with Gasteiger partial charge in [0.2, 0.25) is 0 Å². The van der Waals surface area contributed by atoms with Crippen LogP contribution in [0.1, 0.15) is 21.5 Å². The van der Waals surface area contributed by atoms with Gasteiger partial charge in [-0.05, 0) is 43.3 Å². The second-order valence-electron chi connectivity index (χ2n) is 4.15. The highest BCUT2D eigenvalue weighted by Gasteiger charge is 2.17. The average Bonchev–Trinajstić information content (AvgIpc) is 2.96. The lowest BCUT2D eigenvalue weighted by Crippen LogP contribution is -2.29. The summed E-state index contributed by atoms with van der Waals surface area (Å²) in [7, 11) is 0. The predicted octanol–water partition coefficient (Wildman–Crippen LogP) is 2.90. The molecule has 0 saturated carbocycles. The van der Waals surface area contributed by atoms with Gasteiger partial charge in [0.15, 0.2) is 0 Å². The molecule has 108 valence electrons. The van der Waals surface area contributed by atoms with Crippen molar-refractivity contribution in [2.45, 2.75) is 6.92 Å². The van der Waals surface area contributed by atoms with E-state index in [1.165, 1.54) is 23.5 Å². The standard InChI is InChI=1S/C16H14FNO2S/c1-2-18(13-7-5-12(17)6-8-13)16(20)15-10-9-14(21-15)4-3-11-19/h5-10,19H,2,11H2,1H3. The number of carbonyl (C=O) groups is 1. The van der Waals surface area contributed by atoms with E-state index in [9.17, 15) is 9.18 Å². The lowest BCUT2D eigenvalue weighted by Gasteiger charge is -2.20. The fourth-order valence-electron chi connectivity index (χ4n) is 1.84. The molecule has 3 nitrogen and oxygen atoms in total. The average molecular weight is 303 g/mol. The first-order chi connectivity index (χ1) is 10.2. The lowest BCUT2D eigenvalue weighted by atomic mass is 10.2. The van der Waals surface area contributed by atoms with Crippen molar-refractivity contribution in [1.29, 1.82) is 0 Å². The van der Waals surface area contributed by atoms with E-state index in [-0.39, 0.29) is 18.3 Å². The highest BCUT2D eigenvalue weighted by molar-refractivity contribution is 7.14. The minimum Gasteiger partial charge on any atom is -0.384 e. The maximum absolute atomic E-state index is 13.0. The van der Waals surface area contributed by atoms with Gasteiger partial charge in [-0.2, -0.15) is 0 Å². The highest BCUT2D eigenvalue weighted by atomic mass is 32.1. The second kappa shape index (κ2) is 7.02. The monoisotopic (exact) mass is 303 g/mol. The Morgan fingerprint density at radius 3 is 2.62 bits per heavy atom. The number of carbonyl (C=O) groups excluding carboxylic acids is 1. The number of rotatable bonds is 3. The summed E-state index contributed by atoms with van der Waals surface area (Å²) >= 11 is 1.27. The molecule has 0 saturated heterocycles. The smallest absolute Gasteiger partial charge is 0.268 e. The molecular weight excluding hydrogens is 289 g/mol. The van der Waals surface area contributed by atoms with Gasteiger partial charge in [-0.15, -0.1) is 11.3 Å². The number of hydrogen-bond acceptors (Lipinski definition) is 3. The van der Waals surface area contributed by atoms with Crippen molar-refractivity contribution in [3.05, 3.63) is 52.0 Å². The van der Waals surface area contributed by atoms with Gasteiger partial charge in [0, 0.05) is 12.2 Å². The molecule has 21 heavy (non-hydrogen) atoms. The second-order valence-corrected chi connectivity index (χ2v) is 5.23. The van der Waals surface area contributed by atoms with Gasteiger partial charge >= 0.3 is 0 Å². The first-order valence-corrected chi connectivity index (χ1v) is 7.24. The van der Waals surface area contributed by atoms with E-state index in [1.807, 2.05) is 6.92 Å². The van der Waals surface area contributed by atoms with E-state index in [0.717, 1.165) is 4.88 Å². The summed E-state index contributed by atoms with van der Waals surface area (Å²) in [6.07, 6.45) is 0. The molecule has 0 aliphatic rings. The van der Waals surface area contributed by atoms with Crippen molar-refractivity contribution in [3.63, 3.8) is 0 Å². The van der Waals surface area contributed by atoms with E-state index < -0.39 is 0 Å². The number of aliphatic hydroxyl groups excluding tert-OH is 1. The van der Waals surface area contributed by atoms with Gasteiger partial charge in [-0.1, -0.05) is 11.8 Å². The van der Waals surface area contributed by atoms with Gasteiger partial charge in [-0.3, -0.25) is 4.79 Å². The molecule has 2 rings (SSSR count). The molecule has 0 unspecified atom stereocenters. The van der Waals surface area contributed by atoms with Crippen LogP contribution in [0.4, 0.5) is 10.1 Å². The highest BCUT2D eigenvalue weighted by Crippen LogP contribution is 2.22. The van der Waals surface area contributed by atoms with Crippen molar-refractivity contribution in [3.8, 4) is 11.8 Å². The topological polar surface area (TPSA) is 40.5 Å². The zero-order chi connectivity index (χ0) is 15.2. The molecule has 1 aromatic carbocycles. The maximum Gasteiger partial charge on any atom is 0.268 e. The molecule has 0 fully saturated rings. The summed E-state index contributed by atoms with van der Waals surface area (Å²) < 4.78 is 13.0. The molecule has 2 aromatic rings. The van der Waals surface area contributed by atoms with Gasteiger partial charge < -0.3 is 10.0 Å². The van der Waals surface area contributed by atoms with Gasteiger partial charge in [0.1, 0.15) is 12.4 Å².